The molecule has 5 nitrogen and oxygen atoms in total. The number of carbonyl (C=O) groups is 1. The van der Waals surface area contributed by atoms with Crippen LogP contribution in [0.5, 0.6) is 5.75 Å². The Balaban J connectivity index is 1.57. The van der Waals surface area contributed by atoms with E-state index in [-0.39, 0.29) is 17.1 Å². The van der Waals surface area contributed by atoms with Gasteiger partial charge in [-0.05, 0) is 86.7 Å². The van der Waals surface area contributed by atoms with Gasteiger partial charge in [-0.3, -0.25) is 14.2 Å². The molecule has 174 valence electrons. The lowest BCUT2D eigenvalue weighted by Gasteiger charge is -2.14. The van der Waals surface area contributed by atoms with Crippen molar-refractivity contribution >= 4 is 50.7 Å². The molecule has 0 N–H and O–H groups in total. The maximum atomic E-state index is 13.8. The summed E-state index contributed by atoms with van der Waals surface area (Å²) >= 11 is 8.85. The van der Waals surface area contributed by atoms with Crippen molar-refractivity contribution in [2.24, 2.45) is 0 Å². The second-order valence-electron chi connectivity index (χ2n) is 8.07. The van der Waals surface area contributed by atoms with Crippen molar-refractivity contribution in [2.75, 3.05) is 12.4 Å². The van der Waals surface area contributed by atoms with E-state index in [0.717, 1.165) is 47.2 Å². The van der Waals surface area contributed by atoms with Crippen molar-refractivity contribution in [3.8, 4) is 11.4 Å². The summed E-state index contributed by atoms with van der Waals surface area (Å²) < 4.78 is 7.20. The third kappa shape index (κ3) is 4.52. The molecule has 0 saturated carbocycles. The zero-order valence-corrected chi connectivity index (χ0v) is 21.1. The van der Waals surface area contributed by atoms with Crippen LogP contribution in [0.2, 0.25) is 5.02 Å². The summed E-state index contributed by atoms with van der Waals surface area (Å²) in [7, 11) is 0. The maximum Gasteiger partial charge on any atom is 0.267 e. The SMILES string of the molecule is CCOc1ccc(-n2c(SCC(=O)c3ccc(Cl)cc3)nc3sc4c(c3c2=O)CCCC4)cc1. The van der Waals surface area contributed by atoms with Gasteiger partial charge >= 0.3 is 0 Å². The number of Topliss-reactive ketones (excluding diaryl/α,β-unsaturated/α-hetero) is 1. The number of carbonyl (C=O) groups excluding carboxylic acids is 1. The second-order valence-corrected chi connectivity index (χ2v) is 10.5. The molecule has 0 saturated heterocycles. The Hall–Kier alpha value is -2.61. The predicted molar refractivity (Wildman–Crippen MR) is 140 cm³/mol. The lowest BCUT2D eigenvalue weighted by atomic mass is 9.97. The van der Waals surface area contributed by atoms with E-state index in [1.807, 2.05) is 31.2 Å². The standard InChI is InChI=1S/C26H23ClN2O3S2/c1-2-32-19-13-11-18(12-14-19)29-25(31)23-20-5-3-4-6-22(20)34-24(23)28-26(29)33-15-21(30)16-7-9-17(27)10-8-16/h7-14H,2-6,15H2,1H3. The normalized spacial score (nSPS) is 13.1. The monoisotopic (exact) mass is 510 g/mol. The number of benzene rings is 2. The Bertz CT molecular complexity index is 1410. The second kappa shape index (κ2) is 9.94. The summed E-state index contributed by atoms with van der Waals surface area (Å²) in [5.41, 5.74) is 2.37. The minimum absolute atomic E-state index is 0.0419. The topological polar surface area (TPSA) is 61.2 Å². The van der Waals surface area contributed by atoms with E-state index >= 15 is 0 Å². The van der Waals surface area contributed by atoms with Crippen LogP contribution in [0.4, 0.5) is 0 Å². The summed E-state index contributed by atoms with van der Waals surface area (Å²) in [5.74, 6) is 0.870. The zero-order valence-electron chi connectivity index (χ0n) is 18.7. The first kappa shape index (κ1) is 23.1. The maximum absolute atomic E-state index is 13.8. The van der Waals surface area contributed by atoms with Crippen LogP contribution < -0.4 is 10.3 Å². The quantitative estimate of drug-likeness (QED) is 0.164. The summed E-state index contributed by atoms with van der Waals surface area (Å²) in [6, 6.07) is 14.3. The van der Waals surface area contributed by atoms with Gasteiger partial charge in [0.2, 0.25) is 0 Å². The van der Waals surface area contributed by atoms with Crippen LogP contribution in [0, 0.1) is 0 Å². The lowest BCUT2D eigenvalue weighted by molar-refractivity contribution is 0.102. The van der Waals surface area contributed by atoms with Crippen LogP contribution in [0.3, 0.4) is 0 Å². The van der Waals surface area contributed by atoms with Crippen LogP contribution in [-0.2, 0) is 12.8 Å². The molecule has 8 heteroatoms. The van der Waals surface area contributed by atoms with E-state index in [1.165, 1.54) is 16.6 Å². The molecular weight excluding hydrogens is 488 g/mol. The summed E-state index contributed by atoms with van der Waals surface area (Å²) in [5, 5.41) is 1.83. The van der Waals surface area contributed by atoms with Crippen molar-refractivity contribution in [3.63, 3.8) is 0 Å². The average molecular weight is 511 g/mol. The molecule has 0 radical (unpaired) electrons. The van der Waals surface area contributed by atoms with E-state index in [9.17, 15) is 9.59 Å². The summed E-state index contributed by atoms with van der Waals surface area (Å²) in [6.07, 6.45) is 4.14. The summed E-state index contributed by atoms with van der Waals surface area (Å²) in [6.45, 7) is 2.50. The van der Waals surface area contributed by atoms with Gasteiger partial charge in [0.1, 0.15) is 10.6 Å². The third-order valence-electron chi connectivity index (χ3n) is 5.86. The van der Waals surface area contributed by atoms with Crippen LogP contribution in [0.1, 0.15) is 40.6 Å². The molecule has 0 aliphatic heterocycles. The third-order valence-corrected chi connectivity index (χ3v) is 8.24. The van der Waals surface area contributed by atoms with Gasteiger partial charge in [0.25, 0.3) is 5.56 Å². The zero-order chi connectivity index (χ0) is 23.7. The molecule has 34 heavy (non-hydrogen) atoms. The van der Waals surface area contributed by atoms with Crippen molar-refractivity contribution < 1.29 is 9.53 Å². The van der Waals surface area contributed by atoms with E-state index in [0.29, 0.717) is 28.0 Å². The van der Waals surface area contributed by atoms with Crippen LogP contribution in [-0.4, -0.2) is 27.7 Å². The molecule has 5 rings (SSSR count). The van der Waals surface area contributed by atoms with Gasteiger partial charge < -0.3 is 4.74 Å². The number of halogens is 1. The number of fused-ring (bicyclic) bond motifs is 3. The fourth-order valence-corrected chi connectivity index (χ4v) is 6.55. The number of nitrogens with zero attached hydrogens (tertiary/aromatic N) is 2. The highest BCUT2D eigenvalue weighted by Gasteiger charge is 2.23. The molecule has 2 aromatic carbocycles. The molecule has 0 unspecified atom stereocenters. The minimum atomic E-state index is -0.0741. The minimum Gasteiger partial charge on any atom is -0.494 e. The van der Waals surface area contributed by atoms with Gasteiger partial charge in [0.05, 0.1) is 23.4 Å². The van der Waals surface area contributed by atoms with Gasteiger partial charge in [-0.25, -0.2) is 4.98 Å². The first-order chi connectivity index (χ1) is 16.5. The molecule has 0 fully saturated rings. The number of aromatic nitrogens is 2. The van der Waals surface area contributed by atoms with Gasteiger partial charge in [-0.1, -0.05) is 23.4 Å². The number of thioether (sulfide) groups is 1. The van der Waals surface area contributed by atoms with E-state index in [4.69, 9.17) is 21.3 Å². The molecular formula is C26H23ClN2O3S2. The average Bonchev–Trinajstić information content (AvgIpc) is 3.22. The predicted octanol–water partition coefficient (Wildman–Crippen LogP) is 6.35. The first-order valence-electron chi connectivity index (χ1n) is 11.3. The van der Waals surface area contributed by atoms with Crippen molar-refractivity contribution in [1.29, 1.82) is 0 Å². The van der Waals surface area contributed by atoms with Gasteiger partial charge in [0.15, 0.2) is 10.9 Å². The lowest BCUT2D eigenvalue weighted by Crippen LogP contribution is -2.22. The number of ether oxygens (including phenoxy) is 1. The molecule has 0 atom stereocenters. The largest absolute Gasteiger partial charge is 0.494 e. The number of ketones is 1. The van der Waals surface area contributed by atoms with Crippen LogP contribution in [0.25, 0.3) is 15.9 Å². The van der Waals surface area contributed by atoms with E-state index < -0.39 is 0 Å². The number of rotatable bonds is 7. The van der Waals surface area contributed by atoms with Gasteiger partial charge in [-0.2, -0.15) is 0 Å². The Morgan fingerprint density at radius 3 is 2.59 bits per heavy atom. The van der Waals surface area contributed by atoms with Gasteiger partial charge in [-0.15, -0.1) is 11.3 Å². The van der Waals surface area contributed by atoms with Crippen molar-refractivity contribution in [3.05, 3.63) is 79.9 Å². The Labute approximate surface area is 210 Å². The number of thiophene rings is 1. The molecule has 0 bridgehead atoms. The highest BCUT2D eigenvalue weighted by atomic mass is 35.5. The summed E-state index contributed by atoms with van der Waals surface area (Å²) in [4.78, 5) is 33.6. The number of hydrogen-bond acceptors (Lipinski definition) is 6. The highest BCUT2D eigenvalue weighted by molar-refractivity contribution is 7.99. The van der Waals surface area contributed by atoms with Gasteiger partial charge in [0, 0.05) is 15.5 Å². The molecule has 2 heterocycles. The van der Waals surface area contributed by atoms with Crippen LogP contribution >= 0.6 is 34.7 Å². The Kier molecular flexibility index (Phi) is 6.77. The van der Waals surface area contributed by atoms with Crippen molar-refractivity contribution in [1.82, 2.24) is 9.55 Å². The van der Waals surface area contributed by atoms with E-state index in [1.54, 1.807) is 40.2 Å². The smallest absolute Gasteiger partial charge is 0.267 e. The first-order valence-corrected chi connectivity index (χ1v) is 13.4. The highest BCUT2D eigenvalue weighted by Crippen LogP contribution is 2.35. The molecule has 4 aromatic rings. The molecule has 1 aliphatic rings. The molecule has 1 aliphatic carbocycles. The molecule has 0 spiro atoms. The Morgan fingerprint density at radius 1 is 1.12 bits per heavy atom. The van der Waals surface area contributed by atoms with E-state index in [2.05, 4.69) is 0 Å². The molecule has 2 aromatic heterocycles. The van der Waals surface area contributed by atoms with Crippen LogP contribution in [0.15, 0.2) is 58.5 Å². The Morgan fingerprint density at radius 2 is 1.85 bits per heavy atom. The fraction of sp³-hybridized carbons (Fsp3) is 0.269. The number of aryl methyl sites for hydroxylation is 2. The number of hydrogen-bond donors (Lipinski definition) is 0. The fourth-order valence-electron chi connectivity index (χ4n) is 4.22. The molecule has 0 amide bonds. The van der Waals surface area contributed by atoms with Crippen molar-refractivity contribution in [2.45, 2.75) is 37.8 Å².